The number of aromatic nitrogens is 3. The van der Waals surface area contributed by atoms with Crippen molar-refractivity contribution in [3.63, 3.8) is 0 Å². The number of anilines is 2. The number of hydrogen-bond donors (Lipinski definition) is 2. The Hall–Kier alpha value is -1.99. The molecule has 1 saturated heterocycles. The number of nitrogens with zero attached hydrogens (tertiary/aromatic N) is 3. The van der Waals surface area contributed by atoms with E-state index < -0.39 is 0 Å². The normalized spacial score (nSPS) is 17.4. The number of thiophene rings is 1. The van der Waals surface area contributed by atoms with Gasteiger partial charge < -0.3 is 11.1 Å². The van der Waals surface area contributed by atoms with E-state index in [1.165, 1.54) is 84.3 Å². The first-order chi connectivity index (χ1) is 13.4. The van der Waals surface area contributed by atoms with Crippen molar-refractivity contribution in [2.75, 3.05) is 36.4 Å². The quantitative estimate of drug-likeness (QED) is 0.722. The number of rotatable bonds is 4. The molecule has 27 heavy (non-hydrogen) atoms. The molecule has 5 N–H and O–H groups in total. The minimum absolute atomic E-state index is 0.835. The second kappa shape index (κ2) is 7.20. The molecule has 1 fully saturated rings. The molecule has 2 aliphatic rings. The van der Waals surface area contributed by atoms with Gasteiger partial charge in [-0.2, -0.15) is 0 Å². The van der Waals surface area contributed by atoms with Gasteiger partial charge in [-0.1, -0.05) is 11.3 Å². The average Bonchev–Trinajstić information content (AvgIpc) is 3.11. The van der Waals surface area contributed by atoms with Crippen LogP contribution in [0.4, 0.5) is 11.6 Å². The summed E-state index contributed by atoms with van der Waals surface area (Å²) in [5, 5.41) is 4.77. The Bertz CT molecular complexity index is 976. The van der Waals surface area contributed by atoms with Crippen molar-refractivity contribution in [3.05, 3.63) is 17.5 Å². The minimum Gasteiger partial charge on any atom is -0.363 e. The van der Waals surface area contributed by atoms with Crippen molar-refractivity contribution in [1.82, 2.24) is 9.97 Å². The number of pyridine rings is 1. The number of fused-ring (bicyclic) bond motifs is 5. The van der Waals surface area contributed by atoms with Gasteiger partial charge in [0.15, 0.2) is 4.83 Å². The summed E-state index contributed by atoms with van der Waals surface area (Å²) in [5.41, 5.74) is 8.11. The highest BCUT2D eigenvalue weighted by atomic mass is 32.1. The summed E-state index contributed by atoms with van der Waals surface area (Å²) in [5.74, 6) is 2.33. The maximum atomic E-state index is 4.70. The van der Waals surface area contributed by atoms with Crippen molar-refractivity contribution < 1.29 is 10.7 Å². The van der Waals surface area contributed by atoms with Crippen molar-refractivity contribution in [3.8, 4) is 0 Å². The van der Waals surface area contributed by atoms with Crippen molar-refractivity contribution in [2.24, 2.45) is 0 Å². The van der Waals surface area contributed by atoms with Gasteiger partial charge in [0.1, 0.15) is 16.8 Å². The number of piperidine rings is 1. The molecule has 4 heterocycles. The van der Waals surface area contributed by atoms with Gasteiger partial charge in [-0.25, -0.2) is 15.0 Å². The molecule has 1 aliphatic heterocycles. The molecule has 142 valence electrons. The highest BCUT2D eigenvalue weighted by molar-refractivity contribution is 7.25. The molecule has 0 radical (unpaired) electrons. The molecule has 0 aromatic carbocycles. The molecule has 0 bridgehead atoms. The predicted molar refractivity (Wildman–Crippen MR) is 110 cm³/mol. The number of hydrogen-bond acceptors (Lipinski definition) is 5. The average molecular weight is 385 g/mol. The lowest BCUT2D eigenvalue weighted by Crippen LogP contribution is -2.53. The zero-order valence-corrected chi connectivity index (χ0v) is 16.6. The Kier molecular flexibility index (Phi) is 4.57. The molecular weight excluding hydrogens is 356 g/mol. The summed E-state index contributed by atoms with van der Waals surface area (Å²) in [6.45, 7) is 4.03. The number of H-pyrrole nitrogens is 1. The predicted octanol–water partition coefficient (Wildman–Crippen LogP) is 2.18. The summed E-state index contributed by atoms with van der Waals surface area (Å²) in [7, 11) is 0. The summed E-state index contributed by atoms with van der Waals surface area (Å²) >= 11 is 1.80. The van der Waals surface area contributed by atoms with Gasteiger partial charge in [0.2, 0.25) is 0 Å². The van der Waals surface area contributed by atoms with Crippen LogP contribution in [-0.2, 0) is 12.8 Å². The molecule has 0 spiro atoms. The standard InChI is InChI=1S/C20H26N6S/c21-8-9-22-18-17-16(23-12-24-18)15-13-6-2-3-7-14(13)19(25-20(15)27-17)26-10-4-1-5-11-26/h12H,1-11,21H2,(H,22,23,24)/p+2. The molecule has 3 aromatic heterocycles. The van der Waals surface area contributed by atoms with E-state index in [1.807, 2.05) is 0 Å². The molecule has 5 rings (SSSR count). The van der Waals surface area contributed by atoms with Crippen LogP contribution in [0.2, 0.25) is 0 Å². The van der Waals surface area contributed by atoms with Crippen LogP contribution in [0.3, 0.4) is 0 Å². The summed E-state index contributed by atoms with van der Waals surface area (Å²) < 4.78 is 1.17. The highest BCUT2D eigenvalue weighted by Crippen LogP contribution is 2.41. The Morgan fingerprint density at radius 1 is 1.07 bits per heavy atom. The molecule has 1 aliphatic carbocycles. The lowest BCUT2D eigenvalue weighted by atomic mass is 9.89. The van der Waals surface area contributed by atoms with E-state index in [4.69, 9.17) is 4.98 Å². The molecule has 0 unspecified atom stereocenters. The fourth-order valence-electron chi connectivity index (χ4n) is 4.62. The Morgan fingerprint density at radius 2 is 1.89 bits per heavy atom. The van der Waals surface area contributed by atoms with E-state index in [0.717, 1.165) is 24.4 Å². The van der Waals surface area contributed by atoms with Gasteiger partial charge >= 0.3 is 0 Å². The van der Waals surface area contributed by atoms with Gasteiger partial charge in [0.25, 0.3) is 5.82 Å². The van der Waals surface area contributed by atoms with Crippen LogP contribution in [0.5, 0.6) is 0 Å². The molecule has 6 nitrogen and oxygen atoms in total. The maximum Gasteiger partial charge on any atom is 0.278 e. The first-order valence-electron chi connectivity index (χ1n) is 10.3. The van der Waals surface area contributed by atoms with Crippen molar-refractivity contribution in [1.29, 1.82) is 0 Å². The molecule has 3 aromatic rings. The third-order valence-electron chi connectivity index (χ3n) is 5.90. The second-order valence-electron chi connectivity index (χ2n) is 7.67. The second-order valence-corrected chi connectivity index (χ2v) is 8.69. The van der Waals surface area contributed by atoms with Gasteiger partial charge in [-0.3, -0.25) is 4.90 Å². The van der Waals surface area contributed by atoms with E-state index in [1.54, 1.807) is 23.2 Å². The largest absolute Gasteiger partial charge is 0.363 e. The maximum absolute atomic E-state index is 4.70. The smallest absolute Gasteiger partial charge is 0.278 e. The van der Waals surface area contributed by atoms with Crippen LogP contribution in [-0.4, -0.2) is 36.1 Å². The lowest BCUT2D eigenvalue weighted by Gasteiger charge is -2.25. The first kappa shape index (κ1) is 17.1. The van der Waals surface area contributed by atoms with Crippen molar-refractivity contribution in [2.45, 2.75) is 44.9 Å². The van der Waals surface area contributed by atoms with Crippen LogP contribution in [0.25, 0.3) is 20.4 Å². The number of nitrogens with one attached hydrogen (secondary N) is 2. The lowest BCUT2D eigenvalue weighted by molar-refractivity contribution is -0.362. The number of aryl methyl sites for hydroxylation is 1. The highest BCUT2D eigenvalue weighted by Gasteiger charge is 2.30. The number of aromatic amines is 1. The topological polar surface area (TPSA) is 82.8 Å². The minimum atomic E-state index is 0.835. The monoisotopic (exact) mass is 384 g/mol. The fraction of sp³-hybridized carbons (Fsp3) is 0.550. The van der Waals surface area contributed by atoms with Crippen LogP contribution >= 0.6 is 11.3 Å². The van der Waals surface area contributed by atoms with Crippen LogP contribution in [0.15, 0.2) is 6.33 Å². The molecule has 0 amide bonds. The Morgan fingerprint density at radius 3 is 2.70 bits per heavy atom. The van der Waals surface area contributed by atoms with E-state index >= 15 is 0 Å². The summed E-state index contributed by atoms with van der Waals surface area (Å²) in [6, 6.07) is 0. The van der Waals surface area contributed by atoms with Crippen LogP contribution in [0, 0.1) is 0 Å². The van der Waals surface area contributed by atoms with Gasteiger partial charge in [-0.15, -0.1) is 0 Å². The molecule has 0 saturated carbocycles. The third kappa shape index (κ3) is 2.93. The summed E-state index contributed by atoms with van der Waals surface area (Å²) in [6.07, 6.45) is 10.6. The van der Waals surface area contributed by atoms with Crippen LogP contribution < -0.4 is 20.9 Å². The number of quaternary nitrogens is 1. The zero-order chi connectivity index (χ0) is 18.2. The molecule has 7 heteroatoms. The zero-order valence-electron chi connectivity index (χ0n) is 15.8. The van der Waals surface area contributed by atoms with Gasteiger partial charge in [0, 0.05) is 5.56 Å². The first-order valence-corrected chi connectivity index (χ1v) is 11.1. The van der Waals surface area contributed by atoms with Gasteiger partial charge in [-0.05, 0) is 50.5 Å². The Balaban J connectivity index is 1.73. The van der Waals surface area contributed by atoms with Crippen molar-refractivity contribution >= 4 is 43.4 Å². The summed E-state index contributed by atoms with van der Waals surface area (Å²) in [4.78, 5) is 16.9. The van der Waals surface area contributed by atoms with E-state index in [2.05, 4.69) is 25.9 Å². The Labute approximate surface area is 163 Å². The molecule has 0 atom stereocenters. The fourth-order valence-corrected chi connectivity index (χ4v) is 5.77. The van der Waals surface area contributed by atoms with Gasteiger partial charge in [0.05, 0.1) is 37.1 Å². The van der Waals surface area contributed by atoms with Crippen LogP contribution in [0.1, 0.15) is 43.2 Å². The molecular formula is C20H28N6S+2. The SMILES string of the molecule is [NH3+]CCNc1ncnc2c1sc1[nH+]c(N3CCCCC3)c3c(c12)CCCC3. The van der Waals surface area contributed by atoms with E-state index in [9.17, 15) is 0 Å². The van der Waals surface area contributed by atoms with E-state index in [0.29, 0.717) is 0 Å². The third-order valence-corrected chi connectivity index (χ3v) is 7.00. The van der Waals surface area contributed by atoms with E-state index in [-0.39, 0.29) is 0 Å².